The van der Waals surface area contributed by atoms with Gasteiger partial charge in [-0.25, -0.2) is 0 Å². The van der Waals surface area contributed by atoms with Crippen LogP contribution < -0.4 is 12.5 Å². The molecule has 0 radical (unpaired) electrons. The number of halogens is 1. The SMILES string of the molecule is Cc1cc(F)cc(C)[c]1[Pb]([c]1ccccc1)([c]1ccccc1)[c]1ccccc1. The molecule has 0 saturated carbocycles. The van der Waals surface area contributed by atoms with Crippen molar-refractivity contribution in [1.29, 1.82) is 0 Å². The van der Waals surface area contributed by atoms with E-state index in [1.54, 1.807) is 12.1 Å². The van der Waals surface area contributed by atoms with E-state index in [1.165, 1.54) is 12.5 Å². The summed E-state index contributed by atoms with van der Waals surface area (Å²) in [5.41, 5.74) is 2.10. The van der Waals surface area contributed by atoms with Crippen LogP contribution in [0.4, 0.5) is 4.39 Å². The molecule has 2 heteroatoms. The Kier molecular flexibility index (Phi) is 5.45. The molecule has 0 saturated heterocycles. The molecule has 0 atom stereocenters. The number of aryl methyl sites for hydroxylation is 2. The summed E-state index contributed by atoms with van der Waals surface area (Å²) in [7, 11) is 0. The van der Waals surface area contributed by atoms with Crippen LogP contribution in [0.3, 0.4) is 0 Å². The molecule has 0 aromatic heterocycles. The molecule has 138 valence electrons. The Balaban J connectivity index is 2.21. The van der Waals surface area contributed by atoms with Gasteiger partial charge >= 0.3 is 172 Å². The monoisotopic (exact) mass is 562 g/mol. The Labute approximate surface area is 171 Å². The second kappa shape index (κ2) is 8.00. The molecule has 0 fully saturated rings. The second-order valence-electron chi connectivity index (χ2n) is 7.26. The van der Waals surface area contributed by atoms with Gasteiger partial charge < -0.3 is 0 Å². The van der Waals surface area contributed by atoms with E-state index in [4.69, 9.17) is 0 Å². The minimum atomic E-state index is -3.81. The van der Waals surface area contributed by atoms with Crippen molar-refractivity contribution in [2.45, 2.75) is 13.8 Å². The van der Waals surface area contributed by atoms with Crippen LogP contribution >= 0.6 is 0 Å². The molecule has 4 aromatic rings. The summed E-state index contributed by atoms with van der Waals surface area (Å²) in [6.07, 6.45) is 0. The van der Waals surface area contributed by atoms with Gasteiger partial charge in [-0.2, -0.15) is 0 Å². The average Bonchev–Trinajstić information content (AvgIpc) is 2.72. The van der Waals surface area contributed by atoms with Crippen molar-refractivity contribution in [2.24, 2.45) is 0 Å². The molecule has 0 spiro atoms. The summed E-state index contributed by atoms with van der Waals surface area (Å²) in [5.74, 6) is -0.157. The van der Waals surface area contributed by atoms with Gasteiger partial charge in [0.1, 0.15) is 0 Å². The summed E-state index contributed by atoms with van der Waals surface area (Å²) in [5, 5.41) is 0. The fourth-order valence-electron chi connectivity index (χ4n) is 4.50. The van der Waals surface area contributed by atoms with Crippen LogP contribution in [-0.2, 0) is 0 Å². The first-order chi connectivity index (χ1) is 13.6. The molecule has 0 heterocycles. The number of hydrogen-bond donors (Lipinski definition) is 0. The molecule has 4 rings (SSSR count). The molecule has 4 aromatic carbocycles. The first-order valence-corrected chi connectivity index (χ1v) is 17.4. The molecule has 28 heavy (non-hydrogen) atoms. The zero-order valence-electron chi connectivity index (χ0n) is 16.2. The van der Waals surface area contributed by atoms with E-state index in [0.717, 1.165) is 11.1 Å². The first-order valence-electron chi connectivity index (χ1n) is 9.58. The third kappa shape index (κ3) is 3.22. The molecule has 0 nitrogen and oxygen atoms in total. The van der Waals surface area contributed by atoms with Gasteiger partial charge in [0.05, 0.1) is 0 Å². The maximum absolute atomic E-state index is 14.2. The molecule has 0 aliphatic heterocycles. The Hall–Kier alpha value is -2.27. The average molecular weight is 562 g/mol. The van der Waals surface area contributed by atoms with E-state index in [9.17, 15) is 4.39 Å². The molecule has 0 unspecified atom stereocenters. The van der Waals surface area contributed by atoms with Crippen LogP contribution in [0.25, 0.3) is 0 Å². The van der Waals surface area contributed by atoms with E-state index in [2.05, 4.69) is 105 Å². The van der Waals surface area contributed by atoms with Crippen LogP contribution in [0, 0.1) is 19.7 Å². The van der Waals surface area contributed by atoms with Crippen molar-refractivity contribution in [3.63, 3.8) is 0 Å². The van der Waals surface area contributed by atoms with Gasteiger partial charge in [0.25, 0.3) is 0 Å². The Morgan fingerprint density at radius 1 is 0.536 bits per heavy atom. The van der Waals surface area contributed by atoms with Crippen molar-refractivity contribution in [2.75, 3.05) is 0 Å². The van der Waals surface area contributed by atoms with E-state index in [1.807, 2.05) is 0 Å². The predicted octanol–water partition coefficient (Wildman–Crippen LogP) is 3.82. The van der Waals surface area contributed by atoms with Crippen molar-refractivity contribution < 1.29 is 4.39 Å². The summed E-state index contributed by atoms with van der Waals surface area (Å²) in [4.78, 5) is 0. The van der Waals surface area contributed by atoms with Gasteiger partial charge in [-0.05, 0) is 0 Å². The van der Waals surface area contributed by atoms with E-state index < -0.39 is 21.2 Å². The molecule has 0 aliphatic carbocycles. The zero-order valence-corrected chi connectivity index (χ0v) is 20.1. The first kappa shape index (κ1) is 19.1. The second-order valence-corrected chi connectivity index (χ2v) is 21.8. The van der Waals surface area contributed by atoms with Crippen molar-refractivity contribution in [1.82, 2.24) is 0 Å². The van der Waals surface area contributed by atoms with Gasteiger partial charge in [-0.3, -0.25) is 0 Å². The number of benzene rings is 4. The molecular weight excluding hydrogens is 538 g/mol. The molecule has 0 bridgehead atoms. The fourth-order valence-corrected chi connectivity index (χ4v) is 25.0. The van der Waals surface area contributed by atoms with Crippen molar-refractivity contribution in [3.8, 4) is 0 Å². The van der Waals surface area contributed by atoms with Crippen molar-refractivity contribution in [3.05, 3.63) is 120 Å². The molecule has 0 amide bonds. The van der Waals surface area contributed by atoms with E-state index >= 15 is 0 Å². The molecular formula is C26H23FPb. The Bertz CT molecular complexity index is 954. The van der Waals surface area contributed by atoms with Gasteiger partial charge in [0, 0.05) is 0 Å². The standard InChI is InChI=1S/C8H8F.3C6H5.Pb/c1-6-3-7(2)5-8(9)4-6;3*1-2-4-6-5-3-1;/h4-5H,1-2H3;3*1-5H;. The topological polar surface area (TPSA) is 0 Å². The summed E-state index contributed by atoms with van der Waals surface area (Å²) >= 11 is -3.81. The van der Waals surface area contributed by atoms with E-state index in [-0.39, 0.29) is 5.82 Å². The quantitative estimate of drug-likeness (QED) is 0.333. The third-order valence-electron chi connectivity index (χ3n) is 5.49. The minimum absolute atomic E-state index is 0.157. The van der Waals surface area contributed by atoms with Gasteiger partial charge in [-0.1, -0.05) is 0 Å². The molecule has 0 N–H and O–H groups in total. The van der Waals surface area contributed by atoms with Crippen LogP contribution in [0.15, 0.2) is 103 Å². The molecule has 0 aliphatic rings. The Morgan fingerprint density at radius 3 is 1.18 bits per heavy atom. The van der Waals surface area contributed by atoms with Crippen LogP contribution in [0.2, 0.25) is 0 Å². The van der Waals surface area contributed by atoms with Crippen LogP contribution in [0.1, 0.15) is 11.1 Å². The van der Waals surface area contributed by atoms with Gasteiger partial charge in [-0.15, -0.1) is 0 Å². The Morgan fingerprint density at radius 2 is 0.857 bits per heavy atom. The van der Waals surface area contributed by atoms with Gasteiger partial charge in [0.2, 0.25) is 0 Å². The number of rotatable bonds is 4. The van der Waals surface area contributed by atoms with Crippen LogP contribution in [-0.4, -0.2) is 21.2 Å². The predicted molar refractivity (Wildman–Crippen MR) is 119 cm³/mol. The van der Waals surface area contributed by atoms with Crippen molar-refractivity contribution >= 4 is 33.7 Å². The van der Waals surface area contributed by atoms with E-state index in [0.29, 0.717) is 0 Å². The number of hydrogen-bond acceptors (Lipinski definition) is 0. The normalized spacial score (nSPS) is 11.4. The summed E-state index contributed by atoms with van der Waals surface area (Å²) in [6, 6.07) is 36.0. The summed E-state index contributed by atoms with van der Waals surface area (Å²) in [6.45, 7) is 4.13. The third-order valence-corrected chi connectivity index (χ3v) is 25.5. The van der Waals surface area contributed by atoms with Crippen LogP contribution in [0.5, 0.6) is 0 Å². The zero-order chi connectivity index (χ0) is 19.6. The maximum atomic E-state index is 14.2. The van der Waals surface area contributed by atoms with Gasteiger partial charge in [0.15, 0.2) is 0 Å². The fraction of sp³-hybridized carbons (Fsp3) is 0.0769. The summed E-state index contributed by atoms with van der Waals surface area (Å²) < 4.78 is 19.8.